The van der Waals surface area contributed by atoms with Crippen molar-refractivity contribution in [2.75, 3.05) is 12.8 Å². The van der Waals surface area contributed by atoms with Gasteiger partial charge in [0.15, 0.2) is 0 Å². The second kappa shape index (κ2) is 4.84. The van der Waals surface area contributed by atoms with Crippen molar-refractivity contribution in [2.24, 2.45) is 0 Å². The van der Waals surface area contributed by atoms with Crippen molar-refractivity contribution in [3.05, 3.63) is 24.0 Å². The summed E-state index contributed by atoms with van der Waals surface area (Å²) in [7, 11) is -2.88. The number of carbonyl (C=O) groups excluding carboxylic acids is 2. The number of hydrogen-bond acceptors (Lipinski definition) is 5. The Kier molecular flexibility index (Phi) is 3.48. The second-order valence-electron chi connectivity index (χ2n) is 4.39. The zero-order valence-electron chi connectivity index (χ0n) is 10.5. The number of nitrogen functional groups attached to an aromatic ring is 1. The Morgan fingerprint density at radius 3 is 2.50 bits per heavy atom. The minimum atomic E-state index is -4.14. The van der Waals surface area contributed by atoms with Gasteiger partial charge in [0.25, 0.3) is 0 Å². The molecule has 108 valence electrons. The van der Waals surface area contributed by atoms with E-state index >= 15 is 0 Å². The van der Waals surface area contributed by atoms with E-state index in [4.69, 9.17) is 5.73 Å². The van der Waals surface area contributed by atoms with Crippen LogP contribution in [0.3, 0.4) is 0 Å². The maximum atomic E-state index is 13.2. The van der Waals surface area contributed by atoms with Crippen LogP contribution in [0.2, 0.25) is 0 Å². The lowest BCUT2D eigenvalue weighted by Crippen LogP contribution is -2.40. The molecule has 0 spiro atoms. The third-order valence-corrected chi connectivity index (χ3v) is 4.33. The highest BCUT2D eigenvalue weighted by molar-refractivity contribution is 7.89. The quantitative estimate of drug-likeness (QED) is 0.574. The van der Waals surface area contributed by atoms with E-state index in [2.05, 4.69) is 4.72 Å². The topological polar surface area (TPSA) is 110 Å². The first kappa shape index (κ1) is 14.4. The van der Waals surface area contributed by atoms with Gasteiger partial charge in [-0.3, -0.25) is 14.5 Å². The number of likely N-dealkylation sites (tertiary alicyclic amines) is 1. The van der Waals surface area contributed by atoms with Gasteiger partial charge in [-0.2, -0.15) is 4.72 Å². The highest BCUT2D eigenvalue weighted by Crippen LogP contribution is 2.18. The summed E-state index contributed by atoms with van der Waals surface area (Å²) in [5, 5.41) is 0. The average Bonchev–Trinajstić information content (AvgIpc) is 2.55. The summed E-state index contributed by atoms with van der Waals surface area (Å²) in [6.45, 7) is 0. The number of nitrogens with one attached hydrogen (secondary N) is 1. The number of benzene rings is 1. The summed E-state index contributed by atoms with van der Waals surface area (Å²) >= 11 is 0. The summed E-state index contributed by atoms with van der Waals surface area (Å²) < 4.78 is 39.3. The number of amides is 2. The van der Waals surface area contributed by atoms with Crippen molar-refractivity contribution in [3.63, 3.8) is 0 Å². The largest absolute Gasteiger partial charge is 0.399 e. The molecule has 1 unspecified atom stereocenters. The lowest BCUT2D eigenvalue weighted by atomic mass is 10.3. The van der Waals surface area contributed by atoms with Crippen LogP contribution in [0, 0.1) is 5.82 Å². The van der Waals surface area contributed by atoms with Gasteiger partial charge < -0.3 is 5.73 Å². The summed E-state index contributed by atoms with van der Waals surface area (Å²) in [4.78, 5) is 23.4. The predicted octanol–water partition coefficient (Wildman–Crippen LogP) is -0.557. The molecule has 1 saturated heterocycles. The fourth-order valence-corrected chi connectivity index (χ4v) is 3.10. The van der Waals surface area contributed by atoms with Crippen LogP contribution in [-0.4, -0.2) is 38.2 Å². The monoisotopic (exact) mass is 301 g/mol. The zero-order chi connectivity index (χ0) is 15.1. The second-order valence-corrected chi connectivity index (χ2v) is 6.10. The molecule has 1 atom stereocenters. The molecule has 1 aliphatic heterocycles. The minimum absolute atomic E-state index is 0.0590. The maximum absolute atomic E-state index is 13.2. The zero-order valence-corrected chi connectivity index (χ0v) is 11.3. The highest BCUT2D eigenvalue weighted by atomic mass is 32.2. The molecule has 0 bridgehead atoms. The number of nitrogens with zero attached hydrogens (tertiary/aromatic N) is 1. The Labute approximate surface area is 114 Å². The summed E-state index contributed by atoms with van der Waals surface area (Å²) in [5.41, 5.74) is 5.32. The van der Waals surface area contributed by atoms with Gasteiger partial charge in [-0.15, -0.1) is 0 Å². The normalized spacial score (nSPS) is 19.7. The fraction of sp³-hybridized carbons (Fsp3) is 0.273. The molecule has 7 nitrogen and oxygen atoms in total. The number of anilines is 1. The van der Waals surface area contributed by atoms with E-state index in [0.717, 1.165) is 23.1 Å². The Hall–Kier alpha value is -2.00. The van der Waals surface area contributed by atoms with Crippen molar-refractivity contribution in [3.8, 4) is 0 Å². The molecule has 1 aliphatic rings. The van der Waals surface area contributed by atoms with Crippen LogP contribution < -0.4 is 10.5 Å². The molecule has 9 heteroatoms. The van der Waals surface area contributed by atoms with Crippen LogP contribution in [-0.2, 0) is 19.6 Å². The van der Waals surface area contributed by atoms with E-state index in [0.29, 0.717) is 0 Å². The fourth-order valence-electron chi connectivity index (χ4n) is 1.84. The molecule has 0 saturated carbocycles. The number of halogens is 1. The number of likely N-dealkylation sites (N-methyl/N-ethyl adjacent to an activating group) is 1. The number of nitrogens with two attached hydrogens (primary N) is 1. The number of rotatable bonds is 3. The van der Waals surface area contributed by atoms with Crippen LogP contribution >= 0.6 is 0 Å². The molecular formula is C11H12FN3O4S. The standard InChI is InChI=1S/C11H12FN3O4S/c1-15-10(16)5-9(11(15)17)14-20(18,19)8-3-6(12)2-7(13)4-8/h2-4,9,14H,5,13H2,1H3. The van der Waals surface area contributed by atoms with Crippen LogP contribution in [0.15, 0.2) is 23.1 Å². The maximum Gasteiger partial charge on any atom is 0.247 e. The Bertz CT molecular complexity index is 669. The van der Waals surface area contributed by atoms with Crippen LogP contribution in [0.4, 0.5) is 10.1 Å². The highest BCUT2D eigenvalue weighted by Gasteiger charge is 2.38. The van der Waals surface area contributed by atoms with E-state index < -0.39 is 38.6 Å². The molecule has 2 rings (SSSR count). The van der Waals surface area contributed by atoms with Crippen LogP contribution in [0.5, 0.6) is 0 Å². The lowest BCUT2D eigenvalue weighted by Gasteiger charge is -2.12. The molecule has 20 heavy (non-hydrogen) atoms. The SMILES string of the molecule is CN1C(=O)CC(NS(=O)(=O)c2cc(N)cc(F)c2)C1=O. The minimum Gasteiger partial charge on any atom is -0.399 e. The van der Waals surface area contributed by atoms with Gasteiger partial charge in [0, 0.05) is 12.7 Å². The Balaban J connectivity index is 2.28. The molecule has 1 aromatic rings. The summed E-state index contributed by atoms with van der Waals surface area (Å²) in [6.07, 6.45) is -0.265. The van der Waals surface area contributed by atoms with Crippen LogP contribution in [0.25, 0.3) is 0 Å². The molecule has 2 amide bonds. The van der Waals surface area contributed by atoms with Gasteiger partial charge in [-0.25, -0.2) is 12.8 Å². The van der Waals surface area contributed by atoms with Crippen molar-refractivity contribution >= 4 is 27.5 Å². The smallest absolute Gasteiger partial charge is 0.247 e. The average molecular weight is 301 g/mol. The van der Waals surface area contributed by atoms with Gasteiger partial charge in [-0.05, 0) is 18.2 Å². The van der Waals surface area contributed by atoms with E-state index in [1.54, 1.807) is 0 Å². The molecule has 0 aromatic heterocycles. The molecule has 3 N–H and O–H groups in total. The summed E-state index contributed by atoms with van der Waals surface area (Å²) in [5.74, 6) is -1.94. The molecule has 1 fully saturated rings. The number of sulfonamides is 1. The first-order chi connectivity index (χ1) is 9.20. The third-order valence-electron chi connectivity index (χ3n) is 2.88. The van der Waals surface area contributed by atoms with E-state index in [1.165, 1.54) is 7.05 Å². The first-order valence-electron chi connectivity index (χ1n) is 5.59. The first-order valence-corrected chi connectivity index (χ1v) is 7.08. The van der Waals surface area contributed by atoms with Crippen molar-refractivity contribution in [1.82, 2.24) is 9.62 Å². The Morgan fingerprint density at radius 1 is 1.35 bits per heavy atom. The van der Waals surface area contributed by atoms with Gasteiger partial charge in [0.05, 0.1) is 11.3 Å². The van der Waals surface area contributed by atoms with E-state index in [9.17, 15) is 22.4 Å². The van der Waals surface area contributed by atoms with Gasteiger partial charge in [0.2, 0.25) is 21.8 Å². The number of imide groups is 1. The van der Waals surface area contributed by atoms with Crippen molar-refractivity contribution in [1.29, 1.82) is 0 Å². The van der Waals surface area contributed by atoms with Crippen LogP contribution in [0.1, 0.15) is 6.42 Å². The molecule has 1 heterocycles. The third kappa shape index (κ3) is 2.63. The predicted molar refractivity (Wildman–Crippen MR) is 67.3 cm³/mol. The summed E-state index contributed by atoms with van der Waals surface area (Å²) in [6, 6.07) is 1.64. The number of carbonyl (C=O) groups is 2. The number of hydrogen-bond donors (Lipinski definition) is 2. The van der Waals surface area contributed by atoms with E-state index in [1.807, 2.05) is 0 Å². The van der Waals surface area contributed by atoms with Gasteiger partial charge >= 0.3 is 0 Å². The molecule has 1 aromatic carbocycles. The molecule has 0 aliphatic carbocycles. The Morgan fingerprint density at radius 2 is 2.00 bits per heavy atom. The van der Waals surface area contributed by atoms with E-state index in [-0.39, 0.29) is 12.1 Å². The molecule has 0 radical (unpaired) electrons. The van der Waals surface area contributed by atoms with Gasteiger partial charge in [-0.1, -0.05) is 0 Å². The lowest BCUT2D eigenvalue weighted by molar-refractivity contribution is -0.137. The van der Waals surface area contributed by atoms with Gasteiger partial charge in [0.1, 0.15) is 11.9 Å². The van der Waals surface area contributed by atoms with Crippen molar-refractivity contribution < 1.29 is 22.4 Å². The molecular weight excluding hydrogens is 289 g/mol. The van der Waals surface area contributed by atoms with Crippen molar-refractivity contribution in [2.45, 2.75) is 17.4 Å².